The van der Waals surface area contributed by atoms with Gasteiger partial charge >= 0.3 is 5.97 Å². The number of nitrogens with two attached hydrogens (primary N) is 1. The molecule has 1 heterocycles. The van der Waals surface area contributed by atoms with Gasteiger partial charge in [0.15, 0.2) is 6.61 Å². The molecule has 1 aliphatic rings. The highest BCUT2D eigenvalue weighted by Crippen LogP contribution is 2.16. The molecule has 0 saturated carbocycles. The van der Waals surface area contributed by atoms with E-state index in [9.17, 15) is 14.4 Å². The molecule has 136 valence electrons. The standard InChI is InChI=1S/C18H24N2O5/c1-24-15-7-4-13(5-8-15)6-9-17(22)25-12-16(21)20-10-2-3-14(11-20)18(19)23/h4-5,7-8,14H,2-3,6,9-12H2,1H3,(H2,19,23)/t14-/m0/s1. The fourth-order valence-electron chi connectivity index (χ4n) is 2.78. The minimum absolute atomic E-state index is 0.198. The first-order valence-electron chi connectivity index (χ1n) is 8.35. The summed E-state index contributed by atoms with van der Waals surface area (Å²) in [4.78, 5) is 36.7. The zero-order valence-electron chi connectivity index (χ0n) is 14.4. The van der Waals surface area contributed by atoms with Crippen LogP contribution in [-0.4, -0.2) is 49.5 Å². The van der Waals surface area contributed by atoms with Crippen molar-refractivity contribution in [3.05, 3.63) is 29.8 Å². The first-order chi connectivity index (χ1) is 12.0. The molecule has 2 amide bonds. The number of nitrogens with zero attached hydrogens (tertiary/aromatic N) is 1. The lowest BCUT2D eigenvalue weighted by Crippen LogP contribution is -2.45. The van der Waals surface area contributed by atoms with Gasteiger partial charge in [0.1, 0.15) is 5.75 Å². The molecule has 1 aliphatic heterocycles. The molecule has 1 aromatic carbocycles. The van der Waals surface area contributed by atoms with Gasteiger partial charge in [0.2, 0.25) is 5.91 Å². The third-order valence-electron chi connectivity index (χ3n) is 4.31. The third-order valence-corrected chi connectivity index (χ3v) is 4.31. The Morgan fingerprint density at radius 3 is 2.60 bits per heavy atom. The van der Waals surface area contributed by atoms with Crippen LogP contribution in [0.15, 0.2) is 24.3 Å². The molecule has 2 N–H and O–H groups in total. The van der Waals surface area contributed by atoms with Gasteiger partial charge < -0.3 is 20.1 Å². The van der Waals surface area contributed by atoms with Crippen molar-refractivity contribution >= 4 is 17.8 Å². The lowest BCUT2D eigenvalue weighted by Gasteiger charge is -2.31. The minimum Gasteiger partial charge on any atom is -0.497 e. The van der Waals surface area contributed by atoms with Crippen LogP contribution in [0.1, 0.15) is 24.8 Å². The Bertz CT molecular complexity index is 614. The van der Waals surface area contributed by atoms with Crippen LogP contribution in [0.5, 0.6) is 5.75 Å². The second-order valence-electron chi connectivity index (χ2n) is 6.09. The number of rotatable bonds is 7. The number of hydrogen-bond acceptors (Lipinski definition) is 5. The molecule has 1 saturated heterocycles. The Hall–Kier alpha value is -2.57. The molecule has 1 atom stereocenters. The van der Waals surface area contributed by atoms with E-state index in [0.717, 1.165) is 17.7 Å². The molecule has 0 aliphatic carbocycles. The van der Waals surface area contributed by atoms with E-state index in [-0.39, 0.29) is 24.9 Å². The Morgan fingerprint density at radius 1 is 1.24 bits per heavy atom. The smallest absolute Gasteiger partial charge is 0.306 e. The number of likely N-dealkylation sites (tertiary alicyclic amines) is 1. The zero-order chi connectivity index (χ0) is 18.2. The van der Waals surface area contributed by atoms with Crippen LogP contribution in [0.4, 0.5) is 0 Å². The molecule has 1 fully saturated rings. The molecular formula is C18H24N2O5. The van der Waals surface area contributed by atoms with Gasteiger partial charge in [-0.3, -0.25) is 14.4 Å². The van der Waals surface area contributed by atoms with Crippen LogP contribution >= 0.6 is 0 Å². The summed E-state index contributed by atoms with van der Waals surface area (Å²) in [5.74, 6) is -0.665. The van der Waals surface area contributed by atoms with Crippen molar-refractivity contribution in [3.63, 3.8) is 0 Å². The van der Waals surface area contributed by atoms with Gasteiger partial charge in [-0.1, -0.05) is 12.1 Å². The van der Waals surface area contributed by atoms with Crippen LogP contribution in [0.25, 0.3) is 0 Å². The Balaban J connectivity index is 1.71. The molecule has 0 unspecified atom stereocenters. The lowest BCUT2D eigenvalue weighted by atomic mass is 9.97. The van der Waals surface area contributed by atoms with Crippen LogP contribution in [0.2, 0.25) is 0 Å². The Labute approximate surface area is 147 Å². The Kier molecular flexibility index (Phi) is 6.80. The lowest BCUT2D eigenvalue weighted by molar-refractivity contribution is -0.153. The van der Waals surface area contributed by atoms with E-state index in [0.29, 0.717) is 25.9 Å². The third kappa shape index (κ3) is 5.77. The first kappa shape index (κ1) is 18.8. The van der Waals surface area contributed by atoms with E-state index in [2.05, 4.69) is 0 Å². The number of carbonyl (C=O) groups excluding carboxylic acids is 3. The normalized spacial score (nSPS) is 17.0. The molecule has 0 radical (unpaired) electrons. The van der Waals surface area contributed by atoms with Gasteiger partial charge in [0.25, 0.3) is 5.91 Å². The summed E-state index contributed by atoms with van der Waals surface area (Å²) in [6.45, 7) is 0.566. The number of hydrogen-bond donors (Lipinski definition) is 1. The van der Waals surface area contributed by atoms with Crippen molar-refractivity contribution in [3.8, 4) is 5.75 Å². The van der Waals surface area contributed by atoms with Crippen LogP contribution in [-0.2, 0) is 25.5 Å². The predicted octanol–water partition coefficient (Wildman–Crippen LogP) is 0.895. The summed E-state index contributed by atoms with van der Waals surface area (Å²) in [5.41, 5.74) is 6.28. The molecule has 0 bridgehead atoms. The fourth-order valence-corrected chi connectivity index (χ4v) is 2.78. The molecular weight excluding hydrogens is 324 g/mol. The molecule has 2 rings (SSSR count). The van der Waals surface area contributed by atoms with Crippen molar-refractivity contribution in [2.24, 2.45) is 11.7 Å². The number of methoxy groups -OCH3 is 1. The molecule has 7 nitrogen and oxygen atoms in total. The van der Waals surface area contributed by atoms with Gasteiger partial charge in [-0.2, -0.15) is 0 Å². The summed E-state index contributed by atoms with van der Waals surface area (Å²) in [7, 11) is 1.59. The van der Waals surface area contributed by atoms with Gasteiger partial charge in [-0.05, 0) is 37.0 Å². The number of amides is 2. The molecule has 0 spiro atoms. The summed E-state index contributed by atoms with van der Waals surface area (Å²) in [5, 5.41) is 0. The average Bonchev–Trinajstić information content (AvgIpc) is 2.64. The zero-order valence-corrected chi connectivity index (χ0v) is 14.4. The quantitative estimate of drug-likeness (QED) is 0.738. The monoisotopic (exact) mass is 348 g/mol. The van der Waals surface area contributed by atoms with Crippen molar-refractivity contribution in [1.82, 2.24) is 4.90 Å². The topological polar surface area (TPSA) is 98.9 Å². The van der Waals surface area contributed by atoms with Gasteiger partial charge in [0, 0.05) is 19.5 Å². The highest BCUT2D eigenvalue weighted by molar-refractivity contribution is 5.82. The number of piperidine rings is 1. The number of esters is 1. The van der Waals surface area contributed by atoms with Crippen LogP contribution < -0.4 is 10.5 Å². The van der Waals surface area contributed by atoms with Gasteiger partial charge in [0.05, 0.1) is 13.0 Å². The SMILES string of the molecule is COc1ccc(CCC(=O)OCC(=O)N2CCC[C@H](C(N)=O)C2)cc1. The molecule has 0 aromatic heterocycles. The number of benzene rings is 1. The van der Waals surface area contributed by atoms with E-state index < -0.39 is 11.9 Å². The summed E-state index contributed by atoms with van der Waals surface area (Å²) >= 11 is 0. The van der Waals surface area contributed by atoms with Gasteiger partial charge in [-0.25, -0.2) is 0 Å². The number of aryl methyl sites for hydroxylation is 1. The van der Waals surface area contributed by atoms with Crippen LogP contribution in [0, 0.1) is 5.92 Å². The van der Waals surface area contributed by atoms with E-state index in [1.807, 2.05) is 24.3 Å². The maximum absolute atomic E-state index is 12.1. The summed E-state index contributed by atoms with van der Waals surface area (Å²) in [6.07, 6.45) is 2.15. The summed E-state index contributed by atoms with van der Waals surface area (Å²) in [6, 6.07) is 7.43. The second-order valence-corrected chi connectivity index (χ2v) is 6.09. The van der Waals surface area contributed by atoms with E-state index in [1.165, 1.54) is 4.90 Å². The largest absolute Gasteiger partial charge is 0.497 e. The number of ether oxygens (including phenoxy) is 2. The number of carbonyl (C=O) groups is 3. The van der Waals surface area contributed by atoms with E-state index >= 15 is 0 Å². The van der Waals surface area contributed by atoms with E-state index in [1.54, 1.807) is 7.11 Å². The minimum atomic E-state index is -0.423. The highest BCUT2D eigenvalue weighted by Gasteiger charge is 2.27. The van der Waals surface area contributed by atoms with Gasteiger partial charge in [-0.15, -0.1) is 0 Å². The molecule has 7 heteroatoms. The highest BCUT2D eigenvalue weighted by atomic mass is 16.5. The van der Waals surface area contributed by atoms with Crippen molar-refractivity contribution in [2.45, 2.75) is 25.7 Å². The number of primary amides is 1. The average molecular weight is 348 g/mol. The second kappa shape index (κ2) is 9.05. The van der Waals surface area contributed by atoms with Crippen molar-refractivity contribution in [2.75, 3.05) is 26.8 Å². The maximum Gasteiger partial charge on any atom is 0.306 e. The molecule has 1 aromatic rings. The van der Waals surface area contributed by atoms with Crippen molar-refractivity contribution < 1.29 is 23.9 Å². The first-order valence-corrected chi connectivity index (χ1v) is 8.35. The van der Waals surface area contributed by atoms with Crippen molar-refractivity contribution in [1.29, 1.82) is 0 Å². The maximum atomic E-state index is 12.1. The van der Waals surface area contributed by atoms with E-state index in [4.69, 9.17) is 15.2 Å². The Morgan fingerprint density at radius 2 is 1.96 bits per heavy atom. The fraction of sp³-hybridized carbons (Fsp3) is 0.500. The predicted molar refractivity (Wildman–Crippen MR) is 90.8 cm³/mol. The summed E-state index contributed by atoms with van der Waals surface area (Å²) < 4.78 is 10.1. The molecule has 25 heavy (non-hydrogen) atoms. The van der Waals surface area contributed by atoms with Crippen LogP contribution in [0.3, 0.4) is 0 Å².